The van der Waals surface area contributed by atoms with Crippen LogP contribution in [0.25, 0.3) is 0 Å². The molecule has 3 nitrogen and oxygen atoms in total. The average Bonchev–Trinajstić information content (AvgIpc) is 2.17. The average molecular weight is 191 g/mol. The van der Waals surface area contributed by atoms with E-state index in [0.29, 0.717) is 13.1 Å². The first-order valence-electron chi connectivity index (χ1n) is 4.76. The predicted octanol–water partition coefficient (Wildman–Crippen LogP) is 0.751. The Bertz CT molecular complexity index is 317. The molecule has 0 radical (unpaired) electrons. The topological polar surface area (TPSA) is 40.5 Å². The minimum absolute atomic E-state index is 0.0651. The van der Waals surface area contributed by atoms with Crippen molar-refractivity contribution in [3.63, 3.8) is 0 Å². The van der Waals surface area contributed by atoms with Crippen molar-refractivity contribution in [2.75, 3.05) is 19.7 Å². The van der Waals surface area contributed by atoms with Crippen molar-refractivity contribution in [2.45, 2.75) is 0 Å². The number of hydrogen-bond acceptors (Lipinski definition) is 2. The molecule has 1 aromatic carbocycles. The van der Waals surface area contributed by atoms with E-state index in [0.717, 1.165) is 5.56 Å². The van der Waals surface area contributed by atoms with Crippen molar-refractivity contribution in [3.8, 4) is 0 Å². The summed E-state index contributed by atoms with van der Waals surface area (Å²) in [6.07, 6.45) is 0. The highest BCUT2D eigenvalue weighted by atomic mass is 16.3. The Morgan fingerprint density at radius 3 is 2.57 bits per heavy atom. The van der Waals surface area contributed by atoms with Crippen LogP contribution < -0.4 is 0 Å². The number of carbonyl (C=O) groups is 1. The second-order valence-corrected chi connectivity index (χ2v) is 3.62. The third-order valence-corrected chi connectivity index (χ3v) is 2.52. The Balaban J connectivity index is 1.98. The lowest BCUT2D eigenvalue weighted by atomic mass is 10.00. The van der Waals surface area contributed by atoms with Crippen LogP contribution >= 0.6 is 0 Å². The summed E-state index contributed by atoms with van der Waals surface area (Å²) in [5.41, 5.74) is 0.726. The number of rotatable bonds is 2. The first-order valence-corrected chi connectivity index (χ1v) is 4.76. The molecule has 1 aliphatic rings. The maximum absolute atomic E-state index is 11.7. The van der Waals surface area contributed by atoms with Crippen LogP contribution in [-0.4, -0.2) is 35.6 Å². The zero-order chi connectivity index (χ0) is 9.97. The van der Waals surface area contributed by atoms with E-state index in [1.807, 2.05) is 30.3 Å². The Hall–Kier alpha value is -1.35. The van der Waals surface area contributed by atoms with Gasteiger partial charge in [0.1, 0.15) is 0 Å². The largest absolute Gasteiger partial charge is 0.396 e. The van der Waals surface area contributed by atoms with Crippen LogP contribution in [0.2, 0.25) is 0 Å². The zero-order valence-corrected chi connectivity index (χ0v) is 7.89. The first kappa shape index (κ1) is 9.21. The molecule has 14 heavy (non-hydrogen) atoms. The van der Waals surface area contributed by atoms with Crippen molar-refractivity contribution in [1.82, 2.24) is 4.90 Å². The predicted molar refractivity (Wildman–Crippen MR) is 52.9 cm³/mol. The molecule has 2 rings (SSSR count). The lowest BCUT2D eigenvalue weighted by Crippen LogP contribution is -2.51. The van der Waals surface area contributed by atoms with E-state index < -0.39 is 0 Å². The van der Waals surface area contributed by atoms with Gasteiger partial charge in [0.2, 0.25) is 0 Å². The standard InChI is InChI=1S/C11H13NO2/c13-8-9-6-12(7-9)11(14)10-4-2-1-3-5-10/h1-5,9,13H,6-8H2. The molecule has 0 unspecified atom stereocenters. The van der Waals surface area contributed by atoms with E-state index >= 15 is 0 Å². The van der Waals surface area contributed by atoms with Crippen LogP contribution in [0.15, 0.2) is 30.3 Å². The second-order valence-electron chi connectivity index (χ2n) is 3.62. The smallest absolute Gasteiger partial charge is 0.253 e. The molecule has 1 saturated heterocycles. The molecule has 74 valence electrons. The minimum Gasteiger partial charge on any atom is -0.396 e. The van der Waals surface area contributed by atoms with Crippen LogP contribution in [0.5, 0.6) is 0 Å². The number of nitrogens with zero attached hydrogens (tertiary/aromatic N) is 1. The van der Waals surface area contributed by atoms with Gasteiger partial charge in [-0.05, 0) is 12.1 Å². The Labute approximate surface area is 83.0 Å². The third kappa shape index (κ3) is 1.63. The van der Waals surface area contributed by atoms with Crippen molar-refractivity contribution in [3.05, 3.63) is 35.9 Å². The monoisotopic (exact) mass is 191 g/mol. The van der Waals surface area contributed by atoms with E-state index in [1.165, 1.54) is 0 Å². The Morgan fingerprint density at radius 1 is 1.36 bits per heavy atom. The van der Waals surface area contributed by atoms with Gasteiger partial charge in [-0.25, -0.2) is 0 Å². The number of amides is 1. The third-order valence-electron chi connectivity index (χ3n) is 2.52. The highest BCUT2D eigenvalue weighted by Gasteiger charge is 2.30. The molecule has 1 amide bonds. The molecule has 0 atom stereocenters. The fourth-order valence-electron chi connectivity index (χ4n) is 1.61. The summed E-state index contributed by atoms with van der Waals surface area (Å²) in [6, 6.07) is 9.24. The lowest BCUT2D eigenvalue weighted by Gasteiger charge is -2.38. The summed E-state index contributed by atoms with van der Waals surface area (Å²) in [5.74, 6) is 0.345. The summed E-state index contributed by atoms with van der Waals surface area (Å²) in [7, 11) is 0. The summed E-state index contributed by atoms with van der Waals surface area (Å²) in [6.45, 7) is 1.55. The van der Waals surface area contributed by atoms with Gasteiger partial charge in [-0.3, -0.25) is 4.79 Å². The first-order chi connectivity index (χ1) is 6.81. The van der Waals surface area contributed by atoms with Gasteiger partial charge in [-0.1, -0.05) is 18.2 Å². The van der Waals surface area contributed by atoms with E-state index in [1.54, 1.807) is 4.90 Å². The summed E-state index contributed by atoms with van der Waals surface area (Å²) in [5, 5.41) is 8.82. The molecule has 0 saturated carbocycles. The Kier molecular flexibility index (Phi) is 2.50. The number of aliphatic hydroxyl groups is 1. The minimum atomic E-state index is 0.0651. The normalized spacial score (nSPS) is 16.5. The Morgan fingerprint density at radius 2 is 2.00 bits per heavy atom. The number of hydrogen-bond donors (Lipinski definition) is 1. The molecule has 1 fully saturated rings. The van der Waals surface area contributed by atoms with Crippen molar-refractivity contribution >= 4 is 5.91 Å². The van der Waals surface area contributed by atoms with Gasteiger partial charge in [0.05, 0.1) is 0 Å². The van der Waals surface area contributed by atoms with Crippen molar-refractivity contribution in [2.24, 2.45) is 5.92 Å². The number of benzene rings is 1. The molecular weight excluding hydrogens is 178 g/mol. The van der Waals surface area contributed by atoms with Gasteiger partial charge in [0, 0.05) is 31.2 Å². The summed E-state index contributed by atoms with van der Waals surface area (Å²) >= 11 is 0. The molecule has 1 N–H and O–H groups in total. The maximum Gasteiger partial charge on any atom is 0.253 e. The van der Waals surface area contributed by atoms with Crippen LogP contribution in [0.4, 0.5) is 0 Å². The van der Waals surface area contributed by atoms with E-state index in [2.05, 4.69) is 0 Å². The molecule has 1 heterocycles. The van der Waals surface area contributed by atoms with Gasteiger partial charge in [-0.2, -0.15) is 0 Å². The van der Waals surface area contributed by atoms with Gasteiger partial charge >= 0.3 is 0 Å². The van der Waals surface area contributed by atoms with Crippen molar-refractivity contribution < 1.29 is 9.90 Å². The van der Waals surface area contributed by atoms with Crippen LogP contribution in [-0.2, 0) is 0 Å². The number of likely N-dealkylation sites (tertiary alicyclic amines) is 1. The molecule has 0 aromatic heterocycles. The second kappa shape index (κ2) is 3.80. The zero-order valence-electron chi connectivity index (χ0n) is 7.89. The molecular formula is C11H13NO2. The highest BCUT2D eigenvalue weighted by molar-refractivity contribution is 5.94. The number of carbonyl (C=O) groups excluding carboxylic acids is 1. The van der Waals surface area contributed by atoms with E-state index in [4.69, 9.17) is 5.11 Å². The van der Waals surface area contributed by atoms with Gasteiger partial charge < -0.3 is 10.0 Å². The van der Waals surface area contributed by atoms with E-state index in [9.17, 15) is 4.79 Å². The van der Waals surface area contributed by atoms with Crippen LogP contribution in [0.1, 0.15) is 10.4 Å². The molecule has 0 bridgehead atoms. The van der Waals surface area contributed by atoms with Crippen molar-refractivity contribution in [1.29, 1.82) is 0 Å². The molecule has 1 aliphatic heterocycles. The lowest BCUT2D eigenvalue weighted by molar-refractivity contribution is 0.0362. The van der Waals surface area contributed by atoms with Crippen LogP contribution in [0, 0.1) is 5.92 Å². The molecule has 0 spiro atoms. The van der Waals surface area contributed by atoms with Gasteiger partial charge in [-0.15, -0.1) is 0 Å². The SMILES string of the molecule is O=C(c1ccccc1)N1CC(CO)C1. The molecule has 0 aliphatic carbocycles. The fourth-order valence-corrected chi connectivity index (χ4v) is 1.61. The highest BCUT2D eigenvalue weighted by Crippen LogP contribution is 2.17. The summed E-state index contributed by atoms with van der Waals surface area (Å²) in [4.78, 5) is 13.5. The van der Waals surface area contributed by atoms with Gasteiger partial charge in [0.15, 0.2) is 0 Å². The maximum atomic E-state index is 11.7. The summed E-state index contributed by atoms with van der Waals surface area (Å²) < 4.78 is 0. The van der Waals surface area contributed by atoms with E-state index in [-0.39, 0.29) is 18.4 Å². The quantitative estimate of drug-likeness (QED) is 0.749. The molecule has 3 heteroatoms. The van der Waals surface area contributed by atoms with Gasteiger partial charge in [0.25, 0.3) is 5.91 Å². The number of aliphatic hydroxyl groups excluding tert-OH is 1. The van der Waals surface area contributed by atoms with Crippen LogP contribution in [0.3, 0.4) is 0 Å². The molecule has 1 aromatic rings. The fraction of sp³-hybridized carbons (Fsp3) is 0.364.